The van der Waals surface area contributed by atoms with Crippen molar-refractivity contribution >= 4 is 29.9 Å². The first-order valence-corrected chi connectivity index (χ1v) is 9.27. The molecule has 7 nitrogen and oxygen atoms in total. The maximum absolute atomic E-state index is 5.44. The molecule has 0 unspecified atom stereocenters. The van der Waals surface area contributed by atoms with Gasteiger partial charge in [-0.3, -0.25) is 0 Å². The highest BCUT2D eigenvalue weighted by Gasteiger charge is 2.12. The van der Waals surface area contributed by atoms with Crippen LogP contribution in [0.1, 0.15) is 25.0 Å². The minimum absolute atomic E-state index is 0. The number of nitrogens with zero attached hydrogens (tertiary/aromatic N) is 2. The van der Waals surface area contributed by atoms with E-state index in [-0.39, 0.29) is 24.0 Å². The molecule has 1 aliphatic heterocycles. The van der Waals surface area contributed by atoms with Crippen molar-refractivity contribution in [2.24, 2.45) is 4.99 Å². The third-order valence-corrected chi connectivity index (χ3v) is 4.00. The molecule has 0 aliphatic carbocycles. The van der Waals surface area contributed by atoms with Crippen molar-refractivity contribution in [1.82, 2.24) is 15.6 Å². The number of hydrogen-bond donors (Lipinski definition) is 2. The number of aliphatic imine (C=N–C) groups is 1. The standard InChI is InChI=1S/C20H26N4O3.HI/c1-3-21-20(24-13-16-8-9-22-19(12-16)25-4-2)23-10-7-15-5-6-17-18(11-15)27-14-26-17;/h5-6,8-9,11-12H,3-4,7,10,13-14H2,1-2H3,(H2,21,23,24);1H. The normalized spacial score (nSPS) is 12.3. The van der Waals surface area contributed by atoms with Gasteiger partial charge >= 0.3 is 0 Å². The highest BCUT2D eigenvalue weighted by atomic mass is 127. The zero-order valence-electron chi connectivity index (χ0n) is 16.2. The molecular weight excluding hydrogens is 471 g/mol. The van der Waals surface area contributed by atoms with Gasteiger partial charge in [0.15, 0.2) is 17.5 Å². The van der Waals surface area contributed by atoms with Crippen LogP contribution in [-0.4, -0.2) is 37.4 Å². The third-order valence-electron chi connectivity index (χ3n) is 4.00. The number of benzene rings is 1. The van der Waals surface area contributed by atoms with Gasteiger partial charge in [-0.15, -0.1) is 24.0 Å². The summed E-state index contributed by atoms with van der Waals surface area (Å²) in [6.45, 7) is 7.02. The zero-order chi connectivity index (χ0) is 18.9. The molecule has 3 rings (SSSR count). The predicted octanol–water partition coefficient (Wildman–Crippen LogP) is 3.12. The van der Waals surface area contributed by atoms with Crippen LogP contribution in [0.3, 0.4) is 0 Å². The Morgan fingerprint density at radius 3 is 2.79 bits per heavy atom. The minimum Gasteiger partial charge on any atom is -0.478 e. The number of pyridine rings is 1. The van der Waals surface area contributed by atoms with Crippen LogP contribution in [-0.2, 0) is 13.0 Å². The van der Waals surface area contributed by atoms with Crippen LogP contribution in [0.2, 0.25) is 0 Å². The second-order valence-corrected chi connectivity index (χ2v) is 5.99. The molecule has 0 saturated heterocycles. The van der Waals surface area contributed by atoms with Crippen LogP contribution in [0, 0.1) is 0 Å². The average Bonchev–Trinajstić information content (AvgIpc) is 3.14. The molecule has 2 aromatic rings. The van der Waals surface area contributed by atoms with Crippen LogP contribution in [0.5, 0.6) is 17.4 Å². The number of hydrogen-bond acceptors (Lipinski definition) is 5. The summed E-state index contributed by atoms with van der Waals surface area (Å²) >= 11 is 0. The monoisotopic (exact) mass is 498 g/mol. The summed E-state index contributed by atoms with van der Waals surface area (Å²) in [6.07, 6.45) is 2.61. The summed E-state index contributed by atoms with van der Waals surface area (Å²) in [5.41, 5.74) is 2.25. The Balaban J connectivity index is 0.00000280. The van der Waals surface area contributed by atoms with E-state index < -0.39 is 0 Å². The molecule has 0 atom stereocenters. The molecule has 1 aliphatic rings. The van der Waals surface area contributed by atoms with Gasteiger partial charge < -0.3 is 24.8 Å². The van der Waals surface area contributed by atoms with Crippen molar-refractivity contribution in [3.63, 3.8) is 0 Å². The lowest BCUT2D eigenvalue weighted by Gasteiger charge is -2.12. The fraction of sp³-hybridized carbons (Fsp3) is 0.400. The number of fused-ring (bicyclic) bond motifs is 1. The van der Waals surface area contributed by atoms with Gasteiger partial charge in [0.25, 0.3) is 0 Å². The Hall–Kier alpha value is -2.23. The van der Waals surface area contributed by atoms with E-state index in [4.69, 9.17) is 14.2 Å². The van der Waals surface area contributed by atoms with Crippen molar-refractivity contribution in [3.05, 3.63) is 47.7 Å². The van der Waals surface area contributed by atoms with Crippen molar-refractivity contribution < 1.29 is 14.2 Å². The molecule has 2 heterocycles. The molecule has 0 amide bonds. The van der Waals surface area contributed by atoms with Gasteiger partial charge in [-0.25, -0.2) is 9.98 Å². The van der Waals surface area contributed by atoms with Gasteiger partial charge in [0.1, 0.15) is 0 Å². The van der Waals surface area contributed by atoms with Crippen molar-refractivity contribution in [2.45, 2.75) is 26.8 Å². The highest BCUT2D eigenvalue weighted by molar-refractivity contribution is 14.0. The maximum Gasteiger partial charge on any atom is 0.231 e. The maximum atomic E-state index is 5.44. The zero-order valence-corrected chi connectivity index (χ0v) is 18.6. The number of ether oxygens (including phenoxy) is 3. The molecule has 0 fully saturated rings. The largest absolute Gasteiger partial charge is 0.478 e. The summed E-state index contributed by atoms with van der Waals surface area (Å²) in [5.74, 6) is 3.04. The number of rotatable bonds is 8. The molecule has 2 N–H and O–H groups in total. The Kier molecular flexibility index (Phi) is 9.12. The third kappa shape index (κ3) is 6.43. The molecule has 0 spiro atoms. The SMILES string of the molecule is CCNC(=NCc1ccnc(OCC)c1)NCCc1ccc2c(c1)OCO2.I. The molecule has 0 bridgehead atoms. The first-order chi connectivity index (χ1) is 13.3. The summed E-state index contributed by atoms with van der Waals surface area (Å²) in [6, 6.07) is 9.91. The second kappa shape index (κ2) is 11.6. The molecular formula is C20H27IN4O3. The summed E-state index contributed by atoms with van der Waals surface area (Å²) in [7, 11) is 0. The highest BCUT2D eigenvalue weighted by Crippen LogP contribution is 2.32. The smallest absolute Gasteiger partial charge is 0.231 e. The lowest BCUT2D eigenvalue weighted by atomic mass is 10.1. The van der Waals surface area contributed by atoms with E-state index in [1.807, 2.05) is 31.2 Å². The lowest BCUT2D eigenvalue weighted by molar-refractivity contribution is 0.174. The number of aromatic nitrogens is 1. The molecule has 28 heavy (non-hydrogen) atoms. The summed E-state index contributed by atoms with van der Waals surface area (Å²) < 4.78 is 16.2. The van der Waals surface area contributed by atoms with Gasteiger partial charge in [-0.05, 0) is 49.6 Å². The van der Waals surface area contributed by atoms with E-state index in [2.05, 4.69) is 33.6 Å². The quantitative estimate of drug-likeness (QED) is 0.331. The van der Waals surface area contributed by atoms with Gasteiger partial charge in [-0.2, -0.15) is 0 Å². The molecule has 8 heteroatoms. The Morgan fingerprint density at radius 1 is 1.11 bits per heavy atom. The summed E-state index contributed by atoms with van der Waals surface area (Å²) in [5, 5.41) is 6.63. The Bertz CT molecular complexity index is 786. The van der Waals surface area contributed by atoms with E-state index in [9.17, 15) is 0 Å². The average molecular weight is 498 g/mol. The van der Waals surface area contributed by atoms with E-state index in [0.29, 0.717) is 25.8 Å². The first-order valence-electron chi connectivity index (χ1n) is 9.27. The molecule has 0 radical (unpaired) electrons. The number of nitrogens with one attached hydrogen (secondary N) is 2. The minimum atomic E-state index is 0. The van der Waals surface area contributed by atoms with Crippen LogP contribution in [0.25, 0.3) is 0 Å². The van der Waals surface area contributed by atoms with Gasteiger partial charge in [0.2, 0.25) is 12.7 Å². The van der Waals surface area contributed by atoms with Gasteiger partial charge in [0, 0.05) is 25.4 Å². The number of halogens is 1. The summed E-state index contributed by atoms with van der Waals surface area (Å²) in [4.78, 5) is 8.82. The van der Waals surface area contributed by atoms with Crippen LogP contribution < -0.4 is 24.8 Å². The van der Waals surface area contributed by atoms with Crippen molar-refractivity contribution in [2.75, 3.05) is 26.5 Å². The van der Waals surface area contributed by atoms with E-state index >= 15 is 0 Å². The molecule has 152 valence electrons. The first kappa shape index (κ1) is 22.1. The van der Waals surface area contributed by atoms with E-state index in [1.54, 1.807) is 6.20 Å². The van der Waals surface area contributed by atoms with Gasteiger partial charge in [-0.1, -0.05) is 6.07 Å². The van der Waals surface area contributed by atoms with Crippen molar-refractivity contribution in [3.8, 4) is 17.4 Å². The van der Waals surface area contributed by atoms with Crippen LogP contribution in [0.15, 0.2) is 41.5 Å². The van der Waals surface area contributed by atoms with Crippen LogP contribution >= 0.6 is 24.0 Å². The Morgan fingerprint density at radius 2 is 1.96 bits per heavy atom. The van der Waals surface area contributed by atoms with E-state index in [1.165, 1.54) is 5.56 Å². The Labute approximate surface area is 182 Å². The van der Waals surface area contributed by atoms with E-state index in [0.717, 1.165) is 42.5 Å². The second-order valence-electron chi connectivity index (χ2n) is 5.99. The number of guanidine groups is 1. The molecule has 1 aromatic carbocycles. The van der Waals surface area contributed by atoms with Crippen LogP contribution in [0.4, 0.5) is 0 Å². The lowest BCUT2D eigenvalue weighted by Crippen LogP contribution is -2.38. The van der Waals surface area contributed by atoms with Gasteiger partial charge in [0.05, 0.1) is 13.2 Å². The predicted molar refractivity (Wildman–Crippen MR) is 120 cm³/mol. The fourth-order valence-electron chi connectivity index (χ4n) is 2.71. The molecule has 0 saturated carbocycles. The topological polar surface area (TPSA) is 77.0 Å². The molecule has 1 aromatic heterocycles. The van der Waals surface area contributed by atoms with Crippen molar-refractivity contribution in [1.29, 1.82) is 0 Å². The fourth-order valence-corrected chi connectivity index (χ4v) is 2.71.